The van der Waals surface area contributed by atoms with Gasteiger partial charge in [0.05, 0.1) is 22.8 Å². The van der Waals surface area contributed by atoms with E-state index in [0.717, 1.165) is 16.3 Å². The van der Waals surface area contributed by atoms with E-state index in [9.17, 15) is 9.59 Å². The highest BCUT2D eigenvalue weighted by Crippen LogP contribution is 2.39. The standard InChI is InChI=1S/C21H19ClN4O2S/c1-13-10-15(22)8-9-17(13)23-18(27)11-25-19(28)12-29-21-20(25)14(2)24-26(21)16-6-4-3-5-7-16/h3-10H,11-12H2,1-2H3,(H,23,27). The minimum atomic E-state index is -0.270. The number of thioether (sulfide) groups is 1. The van der Waals surface area contributed by atoms with E-state index in [1.807, 2.05) is 48.9 Å². The Balaban J connectivity index is 1.61. The molecule has 0 radical (unpaired) electrons. The SMILES string of the molecule is Cc1cc(Cl)ccc1NC(=O)CN1C(=O)CSc2c1c(C)nn2-c1ccccc1. The monoisotopic (exact) mass is 426 g/mol. The fourth-order valence-corrected chi connectivity index (χ4v) is 4.59. The predicted octanol–water partition coefficient (Wildman–Crippen LogP) is 4.22. The molecule has 1 N–H and O–H groups in total. The van der Waals surface area contributed by atoms with Gasteiger partial charge >= 0.3 is 0 Å². The zero-order valence-electron chi connectivity index (χ0n) is 16.0. The number of carbonyl (C=O) groups is 2. The highest BCUT2D eigenvalue weighted by atomic mass is 35.5. The van der Waals surface area contributed by atoms with Gasteiger partial charge in [-0.05, 0) is 49.7 Å². The van der Waals surface area contributed by atoms with Crippen LogP contribution in [0.25, 0.3) is 5.69 Å². The van der Waals surface area contributed by atoms with Gasteiger partial charge in [-0.1, -0.05) is 41.6 Å². The number of aryl methyl sites for hydroxylation is 2. The molecule has 0 unspecified atom stereocenters. The third kappa shape index (κ3) is 3.88. The van der Waals surface area contributed by atoms with E-state index >= 15 is 0 Å². The lowest BCUT2D eigenvalue weighted by Crippen LogP contribution is -2.41. The van der Waals surface area contributed by atoms with Crippen LogP contribution in [-0.2, 0) is 9.59 Å². The molecule has 3 aromatic rings. The molecule has 0 saturated heterocycles. The summed E-state index contributed by atoms with van der Waals surface area (Å²) in [4.78, 5) is 26.8. The Labute approximate surface area is 177 Å². The van der Waals surface area contributed by atoms with Crippen molar-refractivity contribution in [2.24, 2.45) is 0 Å². The Morgan fingerprint density at radius 1 is 1.21 bits per heavy atom. The van der Waals surface area contributed by atoms with E-state index in [1.165, 1.54) is 16.7 Å². The molecule has 1 aromatic heterocycles. The van der Waals surface area contributed by atoms with Gasteiger partial charge in [-0.3, -0.25) is 14.5 Å². The van der Waals surface area contributed by atoms with E-state index in [0.29, 0.717) is 22.1 Å². The van der Waals surface area contributed by atoms with Crippen molar-refractivity contribution in [1.82, 2.24) is 9.78 Å². The highest BCUT2D eigenvalue weighted by molar-refractivity contribution is 8.00. The fourth-order valence-electron chi connectivity index (χ4n) is 3.28. The van der Waals surface area contributed by atoms with Crippen LogP contribution < -0.4 is 10.2 Å². The van der Waals surface area contributed by atoms with Crippen molar-refractivity contribution >= 4 is 46.6 Å². The number of benzene rings is 2. The smallest absolute Gasteiger partial charge is 0.244 e. The average molecular weight is 427 g/mol. The van der Waals surface area contributed by atoms with E-state index in [2.05, 4.69) is 10.4 Å². The largest absolute Gasteiger partial charge is 0.324 e. The summed E-state index contributed by atoms with van der Waals surface area (Å²) in [5, 5.41) is 8.96. The molecule has 0 spiro atoms. The number of aromatic nitrogens is 2. The molecule has 2 amide bonds. The summed E-state index contributed by atoms with van der Waals surface area (Å²) >= 11 is 7.42. The second-order valence-corrected chi connectivity index (χ2v) is 8.16. The molecular formula is C21H19ClN4O2S. The molecule has 0 atom stereocenters. The Bertz CT molecular complexity index is 1100. The summed E-state index contributed by atoms with van der Waals surface area (Å²) in [6, 6.07) is 15.0. The molecule has 1 aliphatic rings. The van der Waals surface area contributed by atoms with Crippen molar-refractivity contribution in [3.05, 3.63) is 64.8 Å². The number of halogens is 1. The van der Waals surface area contributed by atoms with Crippen molar-refractivity contribution in [2.75, 3.05) is 22.5 Å². The van der Waals surface area contributed by atoms with Crippen molar-refractivity contribution in [3.63, 3.8) is 0 Å². The minimum Gasteiger partial charge on any atom is -0.324 e. The summed E-state index contributed by atoms with van der Waals surface area (Å²) in [7, 11) is 0. The van der Waals surface area contributed by atoms with Crippen LogP contribution in [-0.4, -0.2) is 33.9 Å². The predicted molar refractivity (Wildman–Crippen MR) is 116 cm³/mol. The molecule has 2 heterocycles. The summed E-state index contributed by atoms with van der Waals surface area (Å²) in [6.07, 6.45) is 0. The van der Waals surface area contributed by atoms with E-state index in [1.54, 1.807) is 18.2 Å². The molecule has 6 nitrogen and oxygen atoms in total. The lowest BCUT2D eigenvalue weighted by atomic mass is 10.2. The molecule has 0 aliphatic carbocycles. The van der Waals surface area contributed by atoms with Gasteiger partial charge in [0.1, 0.15) is 11.6 Å². The highest BCUT2D eigenvalue weighted by Gasteiger charge is 2.32. The van der Waals surface area contributed by atoms with Gasteiger partial charge in [-0.25, -0.2) is 4.68 Å². The van der Waals surface area contributed by atoms with Crippen molar-refractivity contribution in [1.29, 1.82) is 0 Å². The number of hydrogen-bond donors (Lipinski definition) is 1. The Hall–Kier alpha value is -2.77. The van der Waals surface area contributed by atoms with Crippen LogP contribution in [0, 0.1) is 13.8 Å². The number of nitrogens with one attached hydrogen (secondary N) is 1. The minimum absolute atomic E-state index is 0.0736. The summed E-state index contributed by atoms with van der Waals surface area (Å²) in [6.45, 7) is 3.65. The van der Waals surface area contributed by atoms with Crippen molar-refractivity contribution in [3.8, 4) is 5.69 Å². The maximum absolute atomic E-state index is 12.7. The maximum atomic E-state index is 12.7. The van der Waals surface area contributed by atoms with Crippen molar-refractivity contribution in [2.45, 2.75) is 18.9 Å². The molecular weight excluding hydrogens is 408 g/mol. The lowest BCUT2D eigenvalue weighted by molar-refractivity contribution is -0.120. The van der Waals surface area contributed by atoms with Crippen LogP contribution in [0.4, 0.5) is 11.4 Å². The third-order valence-corrected chi connectivity index (χ3v) is 5.92. The quantitative estimate of drug-likeness (QED) is 0.678. The van der Waals surface area contributed by atoms with Gasteiger partial charge < -0.3 is 5.32 Å². The molecule has 8 heteroatoms. The molecule has 4 rings (SSSR count). The van der Waals surface area contributed by atoms with Gasteiger partial charge in [0, 0.05) is 10.7 Å². The molecule has 29 heavy (non-hydrogen) atoms. The molecule has 0 fully saturated rings. The van der Waals surface area contributed by atoms with Crippen LogP contribution in [0.3, 0.4) is 0 Å². The molecule has 148 valence electrons. The first-order chi connectivity index (χ1) is 13.9. The number of fused-ring (bicyclic) bond motifs is 1. The number of para-hydroxylation sites is 1. The first-order valence-electron chi connectivity index (χ1n) is 9.08. The first-order valence-corrected chi connectivity index (χ1v) is 10.4. The second-order valence-electron chi connectivity index (χ2n) is 6.76. The lowest BCUT2D eigenvalue weighted by Gasteiger charge is -2.27. The van der Waals surface area contributed by atoms with Crippen LogP contribution in [0.15, 0.2) is 53.6 Å². The van der Waals surface area contributed by atoms with Gasteiger partial charge in [0.25, 0.3) is 0 Å². The number of hydrogen-bond acceptors (Lipinski definition) is 4. The molecule has 0 saturated carbocycles. The van der Waals surface area contributed by atoms with Crippen molar-refractivity contribution < 1.29 is 9.59 Å². The van der Waals surface area contributed by atoms with E-state index in [-0.39, 0.29) is 24.1 Å². The van der Waals surface area contributed by atoms with Gasteiger partial charge in [-0.15, -0.1) is 0 Å². The molecule has 0 bridgehead atoms. The number of carbonyl (C=O) groups excluding carboxylic acids is 2. The topological polar surface area (TPSA) is 67.2 Å². The first kappa shape index (κ1) is 19.5. The molecule has 2 aromatic carbocycles. The summed E-state index contributed by atoms with van der Waals surface area (Å²) in [5.74, 6) is -0.118. The molecule has 1 aliphatic heterocycles. The zero-order valence-corrected chi connectivity index (χ0v) is 17.5. The Kier molecular flexibility index (Phi) is 5.34. The second kappa shape index (κ2) is 7.93. The number of rotatable bonds is 4. The van der Waals surface area contributed by atoms with Crippen LogP contribution in [0.5, 0.6) is 0 Å². The number of nitrogens with zero attached hydrogens (tertiary/aromatic N) is 3. The fraction of sp³-hybridized carbons (Fsp3) is 0.190. The Morgan fingerprint density at radius 3 is 2.69 bits per heavy atom. The maximum Gasteiger partial charge on any atom is 0.244 e. The van der Waals surface area contributed by atoms with Crippen LogP contribution in [0.2, 0.25) is 5.02 Å². The van der Waals surface area contributed by atoms with Gasteiger partial charge in [-0.2, -0.15) is 5.10 Å². The third-order valence-electron chi connectivity index (χ3n) is 4.66. The summed E-state index contributed by atoms with van der Waals surface area (Å²) < 4.78 is 1.83. The van der Waals surface area contributed by atoms with E-state index < -0.39 is 0 Å². The zero-order chi connectivity index (χ0) is 20.5. The Morgan fingerprint density at radius 2 is 1.97 bits per heavy atom. The normalized spacial score (nSPS) is 13.3. The number of anilines is 2. The average Bonchev–Trinajstić information content (AvgIpc) is 3.04. The van der Waals surface area contributed by atoms with Crippen LogP contribution in [0.1, 0.15) is 11.3 Å². The number of amides is 2. The summed E-state index contributed by atoms with van der Waals surface area (Å²) in [5.41, 5.74) is 3.85. The van der Waals surface area contributed by atoms with Crippen LogP contribution >= 0.6 is 23.4 Å². The van der Waals surface area contributed by atoms with Gasteiger partial charge in [0.15, 0.2) is 0 Å². The van der Waals surface area contributed by atoms with Gasteiger partial charge in [0.2, 0.25) is 11.8 Å². The van der Waals surface area contributed by atoms with E-state index in [4.69, 9.17) is 11.6 Å².